The van der Waals surface area contributed by atoms with Crippen molar-refractivity contribution >= 4 is 17.3 Å². The molecule has 0 bridgehead atoms. The van der Waals surface area contributed by atoms with Crippen molar-refractivity contribution < 1.29 is 9.18 Å². The highest BCUT2D eigenvalue weighted by atomic mass is 19.1. The van der Waals surface area contributed by atoms with Crippen molar-refractivity contribution in [1.29, 1.82) is 0 Å². The van der Waals surface area contributed by atoms with Crippen LogP contribution in [-0.4, -0.2) is 18.2 Å². The molecule has 0 saturated carbocycles. The number of nitrogens with zero attached hydrogens (tertiary/aromatic N) is 1. The van der Waals surface area contributed by atoms with Gasteiger partial charge in [0.15, 0.2) is 0 Å². The van der Waals surface area contributed by atoms with E-state index >= 15 is 0 Å². The van der Waals surface area contributed by atoms with Crippen LogP contribution < -0.4 is 10.7 Å². The quantitative estimate of drug-likeness (QED) is 0.668. The first-order chi connectivity index (χ1) is 11.7. The average Bonchev–Trinajstić information content (AvgIpc) is 2.81. The number of nitrogens with one attached hydrogen (secondary N) is 2. The van der Waals surface area contributed by atoms with Crippen LogP contribution in [0.5, 0.6) is 0 Å². The molecular formula is C19H20FN3O. The Bertz CT molecular complexity index is 758. The molecule has 0 fully saturated rings. The lowest BCUT2D eigenvalue weighted by atomic mass is 10.0. The van der Waals surface area contributed by atoms with Gasteiger partial charge >= 0.3 is 0 Å². The minimum Gasteiger partial charge on any atom is -0.374 e. The Balaban J connectivity index is 1.63. The Morgan fingerprint density at radius 2 is 1.79 bits per heavy atom. The normalized spacial score (nSPS) is 15.5. The maximum atomic E-state index is 13.5. The number of benzene rings is 2. The lowest BCUT2D eigenvalue weighted by Crippen LogP contribution is -2.27. The number of anilines is 1. The van der Waals surface area contributed by atoms with E-state index in [0.29, 0.717) is 5.69 Å². The number of hydrogen-bond acceptors (Lipinski definition) is 3. The van der Waals surface area contributed by atoms with Gasteiger partial charge in [0, 0.05) is 5.56 Å². The summed E-state index contributed by atoms with van der Waals surface area (Å²) in [5.41, 5.74) is 6.16. The molecule has 24 heavy (non-hydrogen) atoms. The predicted molar refractivity (Wildman–Crippen MR) is 93.6 cm³/mol. The second kappa shape index (κ2) is 7.73. The molecule has 2 aromatic rings. The number of hydrogen-bond donors (Lipinski definition) is 2. The summed E-state index contributed by atoms with van der Waals surface area (Å²) in [4.78, 5) is 12.0. The summed E-state index contributed by atoms with van der Waals surface area (Å²) in [6, 6.07) is 14.4. The van der Waals surface area contributed by atoms with Crippen LogP contribution in [0.25, 0.3) is 0 Å². The molecule has 1 aliphatic rings. The van der Waals surface area contributed by atoms with Gasteiger partial charge in [-0.25, -0.2) is 9.82 Å². The fourth-order valence-electron chi connectivity index (χ4n) is 2.83. The van der Waals surface area contributed by atoms with E-state index in [1.54, 1.807) is 18.2 Å². The topological polar surface area (TPSA) is 53.5 Å². The molecule has 0 radical (unpaired) electrons. The van der Waals surface area contributed by atoms with Crippen LogP contribution in [0.3, 0.4) is 0 Å². The van der Waals surface area contributed by atoms with Crippen molar-refractivity contribution in [2.24, 2.45) is 5.10 Å². The molecule has 0 aromatic heterocycles. The standard InChI is InChI=1S/C19H20FN3O/c20-16-10-4-6-12-18(16)21-13-19(24)23-22-17-11-5-2-8-14-7-1-3-9-15(14)17/h1,3-4,6-7,9-10,12,21H,2,5,8,11,13H2,(H,23,24)/b22-17+. The number of amides is 1. The van der Waals surface area contributed by atoms with Crippen LogP contribution in [0.15, 0.2) is 53.6 Å². The fraction of sp³-hybridized carbons (Fsp3) is 0.263. The molecule has 3 rings (SSSR count). The van der Waals surface area contributed by atoms with Crippen LogP contribution in [-0.2, 0) is 11.2 Å². The van der Waals surface area contributed by atoms with Gasteiger partial charge in [0.1, 0.15) is 5.82 Å². The minimum atomic E-state index is -0.380. The molecule has 0 atom stereocenters. The molecule has 0 spiro atoms. The van der Waals surface area contributed by atoms with Gasteiger partial charge in [-0.1, -0.05) is 36.4 Å². The number of halogens is 1. The zero-order valence-electron chi connectivity index (χ0n) is 13.4. The molecule has 0 aliphatic heterocycles. The summed E-state index contributed by atoms with van der Waals surface area (Å²) in [6.45, 7) is -0.0284. The van der Waals surface area contributed by atoms with Gasteiger partial charge in [-0.05, 0) is 43.4 Å². The number of carbonyl (C=O) groups is 1. The molecule has 2 N–H and O–H groups in total. The molecule has 2 aromatic carbocycles. The van der Waals surface area contributed by atoms with Gasteiger partial charge in [-0.15, -0.1) is 0 Å². The molecule has 0 saturated heterocycles. The second-order valence-electron chi connectivity index (χ2n) is 5.79. The summed E-state index contributed by atoms with van der Waals surface area (Å²) < 4.78 is 13.5. The van der Waals surface area contributed by atoms with Gasteiger partial charge in [0.2, 0.25) is 0 Å². The molecular weight excluding hydrogens is 305 g/mol. The Hall–Kier alpha value is -2.69. The Morgan fingerprint density at radius 3 is 2.67 bits per heavy atom. The Morgan fingerprint density at radius 1 is 1.04 bits per heavy atom. The Labute approximate surface area is 140 Å². The van der Waals surface area contributed by atoms with Crippen molar-refractivity contribution in [3.8, 4) is 0 Å². The summed E-state index contributed by atoms with van der Waals surface area (Å²) in [5, 5.41) is 7.08. The molecule has 0 heterocycles. The number of aryl methyl sites for hydroxylation is 1. The number of fused-ring (bicyclic) bond motifs is 1. The average molecular weight is 325 g/mol. The van der Waals surface area contributed by atoms with E-state index in [4.69, 9.17) is 0 Å². The smallest absolute Gasteiger partial charge is 0.259 e. The van der Waals surface area contributed by atoms with Gasteiger partial charge in [0.25, 0.3) is 5.91 Å². The highest BCUT2D eigenvalue weighted by Gasteiger charge is 2.13. The highest BCUT2D eigenvalue weighted by Crippen LogP contribution is 2.20. The van der Waals surface area contributed by atoms with Gasteiger partial charge in [-0.3, -0.25) is 4.79 Å². The van der Waals surface area contributed by atoms with Crippen LogP contribution in [0.4, 0.5) is 10.1 Å². The van der Waals surface area contributed by atoms with E-state index in [1.165, 1.54) is 11.6 Å². The van der Waals surface area contributed by atoms with Crippen molar-refractivity contribution in [2.75, 3.05) is 11.9 Å². The monoisotopic (exact) mass is 325 g/mol. The molecule has 1 amide bonds. The van der Waals surface area contributed by atoms with Crippen molar-refractivity contribution in [3.63, 3.8) is 0 Å². The zero-order valence-corrected chi connectivity index (χ0v) is 13.4. The Kier molecular flexibility index (Phi) is 5.21. The molecule has 124 valence electrons. The highest BCUT2D eigenvalue weighted by molar-refractivity contribution is 6.02. The van der Waals surface area contributed by atoms with E-state index in [1.807, 2.05) is 18.2 Å². The summed E-state index contributed by atoms with van der Waals surface area (Å²) in [7, 11) is 0. The maximum Gasteiger partial charge on any atom is 0.259 e. The summed E-state index contributed by atoms with van der Waals surface area (Å²) in [5.74, 6) is -0.679. The van der Waals surface area contributed by atoms with Crippen molar-refractivity contribution in [2.45, 2.75) is 25.7 Å². The first-order valence-corrected chi connectivity index (χ1v) is 8.16. The lowest BCUT2D eigenvalue weighted by Gasteiger charge is -2.09. The van der Waals surface area contributed by atoms with E-state index in [2.05, 4.69) is 21.9 Å². The third-order valence-corrected chi connectivity index (χ3v) is 4.07. The number of carbonyl (C=O) groups excluding carboxylic acids is 1. The largest absolute Gasteiger partial charge is 0.374 e. The third-order valence-electron chi connectivity index (χ3n) is 4.07. The number of rotatable bonds is 4. The van der Waals surface area contributed by atoms with Crippen LogP contribution in [0.2, 0.25) is 0 Å². The van der Waals surface area contributed by atoms with Crippen molar-refractivity contribution in [3.05, 3.63) is 65.5 Å². The first-order valence-electron chi connectivity index (χ1n) is 8.16. The SMILES string of the molecule is O=C(CNc1ccccc1F)N/N=C1\CCCCc2ccccc21. The molecule has 5 heteroatoms. The van der Waals surface area contributed by atoms with Gasteiger partial charge < -0.3 is 5.32 Å². The van der Waals surface area contributed by atoms with Gasteiger partial charge in [-0.2, -0.15) is 5.10 Å². The number of para-hydroxylation sites is 1. The van der Waals surface area contributed by atoms with E-state index < -0.39 is 0 Å². The maximum absolute atomic E-state index is 13.5. The van der Waals surface area contributed by atoms with E-state index in [-0.39, 0.29) is 18.3 Å². The molecule has 1 aliphatic carbocycles. The lowest BCUT2D eigenvalue weighted by molar-refractivity contribution is -0.119. The first kappa shape index (κ1) is 16.2. The molecule has 0 unspecified atom stereocenters. The number of hydrazone groups is 1. The van der Waals surface area contributed by atoms with Gasteiger partial charge in [0.05, 0.1) is 17.9 Å². The van der Waals surface area contributed by atoms with Crippen LogP contribution in [0, 0.1) is 5.82 Å². The third kappa shape index (κ3) is 3.98. The molecule has 4 nitrogen and oxygen atoms in total. The summed E-state index contributed by atoms with van der Waals surface area (Å²) >= 11 is 0. The minimum absolute atomic E-state index is 0.0284. The second-order valence-corrected chi connectivity index (χ2v) is 5.79. The summed E-state index contributed by atoms with van der Waals surface area (Å²) in [6.07, 6.45) is 4.06. The van der Waals surface area contributed by atoms with E-state index in [0.717, 1.165) is 37.0 Å². The predicted octanol–water partition coefficient (Wildman–Crippen LogP) is 3.48. The van der Waals surface area contributed by atoms with Crippen LogP contribution >= 0.6 is 0 Å². The zero-order chi connectivity index (χ0) is 16.8. The fourth-order valence-corrected chi connectivity index (χ4v) is 2.83. The van der Waals surface area contributed by atoms with Crippen LogP contribution in [0.1, 0.15) is 30.4 Å². The van der Waals surface area contributed by atoms with Crippen molar-refractivity contribution in [1.82, 2.24) is 5.43 Å². The van der Waals surface area contributed by atoms with E-state index in [9.17, 15) is 9.18 Å².